The highest BCUT2D eigenvalue weighted by atomic mass is 32.2. The second kappa shape index (κ2) is 13.9. The average molecular weight is 528 g/mol. The normalized spacial score (nSPS) is 12.4. The minimum atomic E-state index is -3.89. The van der Waals surface area contributed by atoms with Gasteiger partial charge < -0.3 is 15.2 Å². The Kier molecular flexibility index (Phi) is 11.0. The molecule has 196 valence electrons. The molecule has 0 saturated carbocycles. The Hall–Kier alpha value is -4.05. The molecule has 3 aromatic carbocycles. The molecule has 0 spiro atoms. The highest BCUT2D eigenvalue weighted by Gasteiger charge is 2.32. The van der Waals surface area contributed by atoms with E-state index in [0.717, 1.165) is 13.8 Å². The van der Waals surface area contributed by atoms with Gasteiger partial charge in [-0.3, -0.25) is 19.2 Å². The number of fused-ring (bicyclic) bond motifs is 1. The number of hydrogen-bond donors (Lipinski definition) is 2. The summed E-state index contributed by atoms with van der Waals surface area (Å²) in [6, 6.07) is 23.4. The lowest BCUT2D eigenvalue weighted by atomic mass is 10.1. The number of carboxylic acid groups (broad SMARTS) is 1. The van der Waals surface area contributed by atoms with E-state index in [9.17, 15) is 27.6 Å². The zero-order valence-corrected chi connectivity index (χ0v) is 21.3. The molecular formula is C27H29NO8S. The van der Waals surface area contributed by atoms with Crippen LogP contribution in [-0.2, 0) is 39.5 Å². The number of benzene rings is 3. The van der Waals surface area contributed by atoms with E-state index in [2.05, 4.69) is 58.6 Å². The SMILES string of the molecule is CC(=O)OCC(=O)C(CC(=O)O)NC(=O)C(C)S(=O)(=O)Cc1ccccc1.c1ccc2ccccc2c1. The smallest absolute Gasteiger partial charge is 0.305 e. The fourth-order valence-corrected chi connectivity index (χ4v) is 4.51. The maximum atomic E-state index is 12.4. The molecule has 0 heterocycles. The summed E-state index contributed by atoms with van der Waals surface area (Å²) in [6.45, 7) is 1.50. The van der Waals surface area contributed by atoms with Crippen LogP contribution in [0, 0.1) is 0 Å². The fraction of sp³-hybridized carbons (Fsp3) is 0.259. The predicted molar refractivity (Wildman–Crippen MR) is 138 cm³/mol. The molecule has 0 aliphatic carbocycles. The second-order valence-electron chi connectivity index (χ2n) is 8.19. The summed E-state index contributed by atoms with van der Waals surface area (Å²) < 4.78 is 29.3. The molecule has 2 unspecified atom stereocenters. The van der Waals surface area contributed by atoms with Crippen molar-refractivity contribution in [3.8, 4) is 0 Å². The summed E-state index contributed by atoms with van der Waals surface area (Å²) in [5.74, 6) is -4.37. The highest BCUT2D eigenvalue weighted by molar-refractivity contribution is 7.92. The summed E-state index contributed by atoms with van der Waals surface area (Å²) in [7, 11) is -3.89. The van der Waals surface area contributed by atoms with Gasteiger partial charge >= 0.3 is 11.9 Å². The van der Waals surface area contributed by atoms with Gasteiger partial charge in [0.1, 0.15) is 11.3 Å². The van der Waals surface area contributed by atoms with Crippen LogP contribution < -0.4 is 5.32 Å². The molecule has 0 aliphatic heterocycles. The maximum absolute atomic E-state index is 12.4. The van der Waals surface area contributed by atoms with Crippen molar-refractivity contribution in [1.82, 2.24) is 5.32 Å². The molecule has 1 amide bonds. The van der Waals surface area contributed by atoms with E-state index in [1.54, 1.807) is 30.3 Å². The number of amides is 1. The third-order valence-corrected chi connectivity index (χ3v) is 7.31. The van der Waals surface area contributed by atoms with Crippen molar-refractivity contribution in [2.75, 3.05) is 6.61 Å². The van der Waals surface area contributed by atoms with E-state index in [1.165, 1.54) is 10.8 Å². The number of carboxylic acids is 1. The van der Waals surface area contributed by atoms with Crippen molar-refractivity contribution in [1.29, 1.82) is 0 Å². The van der Waals surface area contributed by atoms with E-state index < -0.39 is 57.8 Å². The van der Waals surface area contributed by atoms with Crippen LogP contribution in [0.3, 0.4) is 0 Å². The van der Waals surface area contributed by atoms with Crippen LogP contribution in [0.15, 0.2) is 78.9 Å². The van der Waals surface area contributed by atoms with Gasteiger partial charge in [0.05, 0.1) is 12.2 Å². The number of aliphatic carboxylic acids is 1. The van der Waals surface area contributed by atoms with E-state index >= 15 is 0 Å². The number of ether oxygens (including phenoxy) is 1. The van der Waals surface area contributed by atoms with E-state index in [0.29, 0.717) is 5.56 Å². The molecule has 0 bridgehead atoms. The first kappa shape index (κ1) is 29.2. The molecule has 0 radical (unpaired) electrons. The van der Waals surface area contributed by atoms with Gasteiger partial charge in [0.15, 0.2) is 22.2 Å². The number of hydrogen-bond acceptors (Lipinski definition) is 7. The molecule has 0 saturated heterocycles. The Morgan fingerprint density at radius 1 is 0.865 bits per heavy atom. The van der Waals surface area contributed by atoms with Gasteiger partial charge in [0, 0.05) is 6.92 Å². The summed E-state index contributed by atoms with van der Waals surface area (Å²) in [5, 5.41) is 12.1. The number of rotatable bonds is 10. The van der Waals surface area contributed by atoms with Crippen LogP contribution in [0.4, 0.5) is 0 Å². The quantitative estimate of drug-likeness (QED) is 0.383. The Labute approximate surface area is 215 Å². The predicted octanol–water partition coefficient (Wildman–Crippen LogP) is 2.92. The minimum Gasteiger partial charge on any atom is -0.481 e. The fourth-order valence-electron chi connectivity index (χ4n) is 3.21. The summed E-state index contributed by atoms with van der Waals surface area (Å²) in [5.41, 5.74) is 0.491. The van der Waals surface area contributed by atoms with Crippen molar-refractivity contribution < 1.29 is 37.4 Å². The zero-order valence-electron chi connectivity index (χ0n) is 20.5. The molecule has 0 aromatic heterocycles. The summed E-state index contributed by atoms with van der Waals surface area (Å²) in [6.07, 6.45) is -0.767. The largest absolute Gasteiger partial charge is 0.481 e. The minimum absolute atomic E-state index is 0.382. The standard InChI is InChI=1S/C17H21NO8S.C10H8/c1-11(27(24,25)10-13-6-4-3-5-7-13)17(23)18-14(8-16(21)22)15(20)9-26-12(2)19;1-2-6-10-8-4-3-7-9(10)5-1/h3-7,11,14H,8-10H2,1-2H3,(H,18,23)(H,21,22);1-8H. The number of ketones is 1. The number of carbonyl (C=O) groups is 4. The van der Waals surface area contributed by atoms with Crippen LogP contribution in [0.25, 0.3) is 10.8 Å². The molecule has 37 heavy (non-hydrogen) atoms. The van der Waals surface area contributed by atoms with E-state index in [1.807, 2.05) is 0 Å². The van der Waals surface area contributed by atoms with E-state index in [-0.39, 0.29) is 5.75 Å². The van der Waals surface area contributed by atoms with Crippen LogP contribution in [0.1, 0.15) is 25.8 Å². The lowest BCUT2D eigenvalue weighted by Gasteiger charge is -2.19. The maximum Gasteiger partial charge on any atom is 0.305 e. The Bertz CT molecular complexity index is 1270. The number of esters is 1. The van der Waals surface area contributed by atoms with Gasteiger partial charge in [-0.25, -0.2) is 8.42 Å². The molecular weight excluding hydrogens is 498 g/mol. The molecule has 2 N–H and O–H groups in total. The average Bonchev–Trinajstić information content (AvgIpc) is 2.86. The Morgan fingerprint density at radius 3 is 1.81 bits per heavy atom. The highest BCUT2D eigenvalue weighted by Crippen LogP contribution is 2.13. The number of nitrogens with one attached hydrogen (secondary N) is 1. The molecule has 0 fully saturated rings. The van der Waals surface area contributed by atoms with Gasteiger partial charge in [-0.05, 0) is 23.3 Å². The topological polar surface area (TPSA) is 144 Å². The summed E-state index contributed by atoms with van der Waals surface area (Å²) in [4.78, 5) is 45.9. The third kappa shape index (κ3) is 9.85. The number of sulfone groups is 1. The molecule has 10 heteroatoms. The molecule has 3 aromatic rings. The molecule has 3 rings (SSSR count). The van der Waals surface area contributed by atoms with Gasteiger partial charge in [-0.1, -0.05) is 78.9 Å². The molecule has 0 aliphatic rings. The van der Waals surface area contributed by atoms with Crippen molar-refractivity contribution >= 4 is 44.2 Å². The second-order valence-corrected chi connectivity index (χ2v) is 10.5. The van der Waals surface area contributed by atoms with Crippen LogP contribution in [0.5, 0.6) is 0 Å². The Morgan fingerprint density at radius 2 is 1.35 bits per heavy atom. The van der Waals surface area contributed by atoms with Crippen LogP contribution in [-0.4, -0.2) is 55.1 Å². The molecule has 2 atom stereocenters. The first-order chi connectivity index (χ1) is 17.5. The number of carbonyl (C=O) groups excluding carboxylic acids is 3. The van der Waals surface area contributed by atoms with Gasteiger partial charge in [-0.2, -0.15) is 0 Å². The lowest BCUT2D eigenvalue weighted by Crippen LogP contribution is -2.49. The Balaban J connectivity index is 0.000000394. The monoisotopic (exact) mass is 527 g/mol. The van der Waals surface area contributed by atoms with Gasteiger partial charge in [0.25, 0.3) is 0 Å². The zero-order chi connectivity index (χ0) is 27.4. The van der Waals surface area contributed by atoms with Crippen LogP contribution >= 0.6 is 0 Å². The van der Waals surface area contributed by atoms with E-state index in [4.69, 9.17) is 5.11 Å². The van der Waals surface area contributed by atoms with Gasteiger partial charge in [-0.15, -0.1) is 0 Å². The van der Waals surface area contributed by atoms with Crippen molar-refractivity contribution in [2.45, 2.75) is 37.3 Å². The van der Waals surface area contributed by atoms with Crippen molar-refractivity contribution in [3.63, 3.8) is 0 Å². The first-order valence-electron chi connectivity index (χ1n) is 11.4. The van der Waals surface area contributed by atoms with Crippen molar-refractivity contribution in [3.05, 3.63) is 84.4 Å². The number of Topliss-reactive ketones (excluding diaryl/α,β-unsaturated/α-hetero) is 1. The first-order valence-corrected chi connectivity index (χ1v) is 13.1. The van der Waals surface area contributed by atoms with Crippen LogP contribution in [0.2, 0.25) is 0 Å². The summed E-state index contributed by atoms with van der Waals surface area (Å²) >= 11 is 0. The lowest BCUT2D eigenvalue weighted by molar-refractivity contribution is -0.147. The van der Waals surface area contributed by atoms with Crippen molar-refractivity contribution in [2.24, 2.45) is 0 Å². The van der Waals surface area contributed by atoms with Gasteiger partial charge in [0.2, 0.25) is 5.91 Å². The molecule has 9 nitrogen and oxygen atoms in total. The third-order valence-electron chi connectivity index (χ3n) is 5.28.